The molecule has 10 heteroatoms. The number of hydrogen-bond donors (Lipinski definition) is 1. The molecule has 0 spiro atoms. The SMILES string of the molecule is CCOc1cc(/C=N/NC(=O)CN(c2ccccc2C)S(=O)(=O)c2ccc(C)cc2)ccc1OCc1ccc(Cl)cc1. The molecule has 218 valence electrons. The summed E-state index contributed by atoms with van der Waals surface area (Å²) in [7, 11) is -4.03. The maximum Gasteiger partial charge on any atom is 0.264 e. The van der Waals surface area contributed by atoms with E-state index in [0.29, 0.717) is 46.5 Å². The number of amides is 1. The zero-order valence-corrected chi connectivity index (χ0v) is 25.2. The number of carbonyl (C=O) groups is 1. The first kappa shape index (κ1) is 30.6. The van der Waals surface area contributed by atoms with Crippen molar-refractivity contribution in [1.82, 2.24) is 5.43 Å². The summed E-state index contributed by atoms with van der Waals surface area (Å²) in [5.41, 5.74) is 6.11. The fourth-order valence-corrected chi connectivity index (χ4v) is 5.67. The molecule has 0 bridgehead atoms. The molecular weight excluding hydrogens is 574 g/mol. The Morgan fingerprint density at radius 3 is 2.33 bits per heavy atom. The summed E-state index contributed by atoms with van der Waals surface area (Å²) in [6.45, 7) is 5.85. The van der Waals surface area contributed by atoms with Gasteiger partial charge >= 0.3 is 0 Å². The van der Waals surface area contributed by atoms with Crippen molar-refractivity contribution in [3.63, 3.8) is 0 Å². The minimum atomic E-state index is -4.03. The lowest BCUT2D eigenvalue weighted by atomic mass is 10.2. The molecule has 42 heavy (non-hydrogen) atoms. The van der Waals surface area contributed by atoms with Crippen molar-refractivity contribution in [2.75, 3.05) is 17.5 Å². The van der Waals surface area contributed by atoms with Crippen LogP contribution in [0.4, 0.5) is 5.69 Å². The number of hydrogen-bond acceptors (Lipinski definition) is 6. The highest BCUT2D eigenvalue weighted by molar-refractivity contribution is 7.92. The number of para-hydroxylation sites is 1. The minimum absolute atomic E-state index is 0.0921. The average Bonchev–Trinajstić information content (AvgIpc) is 2.97. The largest absolute Gasteiger partial charge is 0.490 e. The van der Waals surface area contributed by atoms with Crippen LogP contribution >= 0.6 is 11.6 Å². The predicted molar refractivity (Wildman–Crippen MR) is 166 cm³/mol. The zero-order valence-electron chi connectivity index (χ0n) is 23.6. The molecule has 0 radical (unpaired) electrons. The molecular formula is C32H32ClN3O5S. The van der Waals surface area contributed by atoms with Crippen molar-refractivity contribution in [3.8, 4) is 11.5 Å². The first-order valence-corrected chi connectivity index (χ1v) is 15.1. The van der Waals surface area contributed by atoms with E-state index in [4.69, 9.17) is 21.1 Å². The van der Waals surface area contributed by atoms with E-state index in [-0.39, 0.29) is 4.90 Å². The van der Waals surface area contributed by atoms with E-state index < -0.39 is 22.5 Å². The maximum atomic E-state index is 13.6. The number of sulfonamides is 1. The van der Waals surface area contributed by atoms with Crippen LogP contribution in [0.2, 0.25) is 5.02 Å². The highest BCUT2D eigenvalue weighted by atomic mass is 35.5. The summed E-state index contributed by atoms with van der Waals surface area (Å²) in [6.07, 6.45) is 1.45. The maximum absolute atomic E-state index is 13.6. The summed E-state index contributed by atoms with van der Waals surface area (Å²) in [5, 5.41) is 4.71. The summed E-state index contributed by atoms with van der Waals surface area (Å²) in [6, 6.07) is 26.2. The van der Waals surface area contributed by atoms with E-state index >= 15 is 0 Å². The third-order valence-corrected chi connectivity index (χ3v) is 8.28. The molecule has 0 aliphatic rings. The van der Waals surface area contributed by atoms with Gasteiger partial charge in [-0.1, -0.05) is 59.6 Å². The summed E-state index contributed by atoms with van der Waals surface area (Å²) in [4.78, 5) is 13.0. The van der Waals surface area contributed by atoms with Crippen molar-refractivity contribution >= 4 is 39.4 Å². The van der Waals surface area contributed by atoms with Gasteiger partial charge in [-0.25, -0.2) is 13.8 Å². The lowest BCUT2D eigenvalue weighted by Crippen LogP contribution is -2.40. The quantitative estimate of drug-likeness (QED) is 0.151. The van der Waals surface area contributed by atoms with Crippen LogP contribution in [0.15, 0.2) is 101 Å². The molecule has 8 nitrogen and oxygen atoms in total. The van der Waals surface area contributed by atoms with Gasteiger partial charge in [0.1, 0.15) is 13.2 Å². The first-order valence-electron chi connectivity index (χ1n) is 13.3. The van der Waals surface area contributed by atoms with Crippen molar-refractivity contribution in [3.05, 3.63) is 118 Å². The fourth-order valence-electron chi connectivity index (χ4n) is 4.06. The second kappa shape index (κ2) is 14.0. The molecule has 4 aromatic carbocycles. The van der Waals surface area contributed by atoms with E-state index in [1.54, 1.807) is 67.6 Å². The van der Waals surface area contributed by atoms with E-state index in [1.165, 1.54) is 18.3 Å². The number of aryl methyl sites for hydroxylation is 2. The highest BCUT2D eigenvalue weighted by Crippen LogP contribution is 2.29. The Hall–Kier alpha value is -4.34. The first-order chi connectivity index (χ1) is 20.2. The number of ether oxygens (including phenoxy) is 2. The standard InChI is InChI=1S/C32H32ClN3O5S/c1-4-40-31-19-26(13-18-30(31)41-22-25-11-14-27(33)15-12-25)20-34-35-32(37)21-36(29-8-6-5-7-24(29)3)42(38,39)28-16-9-23(2)10-17-28/h5-20H,4,21-22H2,1-3H3,(H,35,37)/b34-20+. The molecule has 4 aromatic rings. The molecule has 0 aliphatic carbocycles. The van der Waals surface area contributed by atoms with Gasteiger partial charge in [-0.2, -0.15) is 5.10 Å². The third-order valence-electron chi connectivity index (χ3n) is 6.26. The van der Waals surface area contributed by atoms with Crippen molar-refractivity contribution < 1.29 is 22.7 Å². The number of carbonyl (C=O) groups excluding carboxylic acids is 1. The van der Waals surface area contributed by atoms with Gasteiger partial charge in [0.2, 0.25) is 0 Å². The van der Waals surface area contributed by atoms with Gasteiger partial charge in [-0.3, -0.25) is 9.10 Å². The van der Waals surface area contributed by atoms with Crippen LogP contribution in [-0.4, -0.2) is 33.7 Å². The lowest BCUT2D eigenvalue weighted by Gasteiger charge is -2.25. The molecule has 0 unspecified atom stereocenters. The Morgan fingerprint density at radius 1 is 0.929 bits per heavy atom. The third kappa shape index (κ3) is 7.90. The summed E-state index contributed by atoms with van der Waals surface area (Å²) >= 11 is 5.95. The molecule has 0 fully saturated rings. The van der Waals surface area contributed by atoms with Crippen molar-refractivity contribution in [1.29, 1.82) is 0 Å². The number of halogens is 1. The van der Waals surface area contributed by atoms with Crippen LogP contribution in [0.25, 0.3) is 0 Å². The smallest absolute Gasteiger partial charge is 0.264 e. The highest BCUT2D eigenvalue weighted by Gasteiger charge is 2.28. The predicted octanol–water partition coefficient (Wildman–Crippen LogP) is 6.28. The van der Waals surface area contributed by atoms with Gasteiger partial charge in [0.05, 0.1) is 23.4 Å². The Kier molecular flexibility index (Phi) is 10.2. The van der Waals surface area contributed by atoms with Gasteiger partial charge in [0.25, 0.3) is 15.9 Å². The number of anilines is 1. The molecule has 0 aromatic heterocycles. The Morgan fingerprint density at radius 2 is 1.64 bits per heavy atom. The second-order valence-corrected chi connectivity index (χ2v) is 11.8. The van der Waals surface area contributed by atoms with Gasteiger partial charge in [0.15, 0.2) is 11.5 Å². The van der Waals surface area contributed by atoms with Gasteiger partial charge in [0, 0.05) is 5.02 Å². The molecule has 0 aliphatic heterocycles. The summed E-state index contributed by atoms with van der Waals surface area (Å²) < 4.78 is 40.0. The fraction of sp³-hybridized carbons (Fsp3) is 0.188. The molecule has 0 atom stereocenters. The Balaban J connectivity index is 1.47. The zero-order chi connectivity index (χ0) is 30.1. The Bertz CT molecular complexity index is 1660. The van der Waals surface area contributed by atoms with Crippen LogP contribution in [0, 0.1) is 13.8 Å². The molecule has 0 saturated carbocycles. The number of rotatable bonds is 12. The molecule has 0 heterocycles. The second-order valence-electron chi connectivity index (χ2n) is 9.46. The number of benzene rings is 4. The number of hydrazone groups is 1. The lowest BCUT2D eigenvalue weighted by molar-refractivity contribution is -0.119. The van der Waals surface area contributed by atoms with Crippen LogP contribution in [0.1, 0.15) is 29.2 Å². The molecule has 1 N–H and O–H groups in total. The average molecular weight is 606 g/mol. The van der Waals surface area contributed by atoms with E-state index in [2.05, 4.69) is 10.5 Å². The number of nitrogens with one attached hydrogen (secondary N) is 1. The van der Waals surface area contributed by atoms with Crippen LogP contribution in [0.3, 0.4) is 0 Å². The Labute approximate surface area is 251 Å². The molecule has 4 rings (SSSR count). The van der Waals surface area contributed by atoms with Crippen LogP contribution in [0.5, 0.6) is 11.5 Å². The minimum Gasteiger partial charge on any atom is -0.490 e. The van der Waals surface area contributed by atoms with Crippen molar-refractivity contribution in [2.24, 2.45) is 5.10 Å². The van der Waals surface area contributed by atoms with E-state index in [9.17, 15) is 13.2 Å². The van der Waals surface area contributed by atoms with E-state index in [1.807, 2.05) is 32.0 Å². The van der Waals surface area contributed by atoms with Gasteiger partial charge in [-0.15, -0.1) is 0 Å². The van der Waals surface area contributed by atoms with Crippen LogP contribution < -0.4 is 19.2 Å². The monoisotopic (exact) mass is 605 g/mol. The summed E-state index contributed by atoms with van der Waals surface area (Å²) in [5.74, 6) is 0.484. The van der Waals surface area contributed by atoms with Gasteiger partial charge < -0.3 is 9.47 Å². The van der Waals surface area contributed by atoms with Gasteiger partial charge in [-0.05, 0) is 86.0 Å². The molecule has 0 saturated heterocycles. The van der Waals surface area contributed by atoms with E-state index in [0.717, 1.165) is 15.4 Å². The normalized spacial score (nSPS) is 11.3. The van der Waals surface area contributed by atoms with Crippen LogP contribution in [-0.2, 0) is 21.4 Å². The molecule has 1 amide bonds. The van der Waals surface area contributed by atoms with Crippen molar-refractivity contribution in [2.45, 2.75) is 32.3 Å². The topological polar surface area (TPSA) is 97.3 Å². The number of nitrogens with zero attached hydrogens (tertiary/aromatic N) is 2.